The summed E-state index contributed by atoms with van der Waals surface area (Å²) in [6.45, 7) is 4.61. The minimum atomic E-state index is -0.703. The van der Waals surface area contributed by atoms with E-state index in [0.717, 1.165) is 0 Å². The van der Waals surface area contributed by atoms with Gasteiger partial charge in [0.15, 0.2) is 0 Å². The third-order valence-electron chi connectivity index (χ3n) is 1.94. The molecule has 17 heavy (non-hydrogen) atoms. The summed E-state index contributed by atoms with van der Waals surface area (Å²) < 4.78 is 9.63. The molecule has 1 amide bonds. The molecule has 0 atom stereocenters. The van der Waals surface area contributed by atoms with Crippen molar-refractivity contribution in [2.45, 2.75) is 20.8 Å². The van der Waals surface area contributed by atoms with E-state index >= 15 is 0 Å². The van der Waals surface area contributed by atoms with Crippen molar-refractivity contribution < 1.29 is 18.7 Å². The lowest BCUT2D eigenvalue weighted by Gasteiger charge is -2.06. The van der Waals surface area contributed by atoms with Crippen LogP contribution < -0.4 is 10.9 Å². The molecule has 0 bridgehead atoms. The first-order chi connectivity index (χ1) is 7.95. The van der Waals surface area contributed by atoms with Crippen LogP contribution in [0.25, 0.3) is 0 Å². The van der Waals surface area contributed by atoms with Crippen molar-refractivity contribution >= 4 is 17.6 Å². The van der Waals surface area contributed by atoms with Gasteiger partial charge in [0.05, 0.1) is 6.61 Å². The molecule has 0 saturated carbocycles. The zero-order chi connectivity index (χ0) is 13.0. The molecular weight excluding hydrogens is 226 g/mol. The van der Waals surface area contributed by atoms with E-state index in [9.17, 15) is 14.4 Å². The molecule has 6 nitrogen and oxygen atoms in total. The Kier molecular flexibility index (Phi) is 4.03. The molecular formula is C11H13NO5. The van der Waals surface area contributed by atoms with Crippen LogP contribution in [-0.2, 0) is 9.53 Å². The normalized spacial score (nSPS) is 9.82. The number of anilines is 1. The van der Waals surface area contributed by atoms with Gasteiger partial charge in [0.1, 0.15) is 17.0 Å². The minimum absolute atomic E-state index is 0.0776. The molecule has 92 valence electrons. The summed E-state index contributed by atoms with van der Waals surface area (Å²) in [4.78, 5) is 33.7. The number of carbonyl (C=O) groups is 2. The zero-order valence-corrected chi connectivity index (χ0v) is 9.83. The van der Waals surface area contributed by atoms with Crippen LogP contribution in [0.1, 0.15) is 30.0 Å². The molecule has 0 aliphatic heterocycles. The van der Waals surface area contributed by atoms with E-state index in [0.29, 0.717) is 0 Å². The summed E-state index contributed by atoms with van der Waals surface area (Å²) in [6.07, 6.45) is 0. The van der Waals surface area contributed by atoms with Crippen molar-refractivity contribution in [3.63, 3.8) is 0 Å². The first-order valence-corrected chi connectivity index (χ1v) is 5.05. The van der Waals surface area contributed by atoms with E-state index in [4.69, 9.17) is 9.15 Å². The molecule has 0 spiro atoms. The number of carbonyl (C=O) groups excluding carboxylic acids is 2. The number of aryl methyl sites for hydroxylation is 1. The maximum atomic E-state index is 11.5. The fourth-order valence-electron chi connectivity index (χ4n) is 1.24. The van der Waals surface area contributed by atoms with Gasteiger partial charge in [0.25, 0.3) is 0 Å². The number of hydrogen-bond donors (Lipinski definition) is 1. The van der Waals surface area contributed by atoms with Crippen LogP contribution >= 0.6 is 0 Å². The summed E-state index contributed by atoms with van der Waals surface area (Å²) >= 11 is 0. The number of nitrogens with one attached hydrogen (secondary N) is 1. The van der Waals surface area contributed by atoms with Crippen molar-refractivity contribution in [1.82, 2.24) is 0 Å². The van der Waals surface area contributed by atoms with E-state index in [2.05, 4.69) is 5.32 Å². The zero-order valence-electron chi connectivity index (χ0n) is 9.83. The van der Waals surface area contributed by atoms with Crippen LogP contribution in [0, 0.1) is 6.92 Å². The lowest BCUT2D eigenvalue weighted by Crippen LogP contribution is -2.17. The second kappa shape index (κ2) is 5.29. The molecule has 1 N–H and O–H groups in total. The summed E-state index contributed by atoms with van der Waals surface area (Å²) in [5.74, 6) is -0.862. The predicted octanol–water partition coefficient (Wildman–Crippen LogP) is 1.08. The van der Waals surface area contributed by atoms with Gasteiger partial charge in [0.2, 0.25) is 5.91 Å². The lowest BCUT2D eigenvalue weighted by molar-refractivity contribution is -0.114. The van der Waals surface area contributed by atoms with Gasteiger partial charge in [-0.25, -0.2) is 9.59 Å². The van der Waals surface area contributed by atoms with Gasteiger partial charge in [-0.05, 0) is 19.9 Å². The van der Waals surface area contributed by atoms with Crippen LogP contribution in [0.15, 0.2) is 15.3 Å². The van der Waals surface area contributed by atoms with E-state index < -0.39 is 17.5 Å². The highest BCUT2D eigenvalue weighted by Gasteiger charge is 2.16. The fourth-order valence-corrected chi connectivity index (χ4v) is 1.24. The van der Waals surface area contributed by atoms with E-state index in [1.54, 1.807) is 6.92 Å². The molecule has 1 aromatic rings. The number of amides is 1. The van der Waals surface area contributed by atoms with Gasteiger partial charge in [0, 0.05) is 6.92 Å². The molecule has 1 heterocycles. The molecule has 6 heteroatoms. The van der Waals surface area contributed by atoms with E-state index in [1.807, 2.05) is 0 Å². The van der Waals surface area contributed by atoms with Crippen LogP contribution in [0.4, 0.5) is 5.69 Å². The predicted molar refractivity (Wildman–Crippen MR) is 60.0 cm³/mol. The Bertz CT molecular complexity index is 503. The van der Waals surface area contributed by atoms with Crippen molar-refractivity contribution in [2.75, 3.05) is 11.9 Å². The largest absolute Gasteiger partial charge is 0.462 e. The number of esters is 1. The van der Waals surface area contributed by atoms with Gasteiger partial charge in [-0.1, -0.05) is 0 Å². The summed E-state index contributed by atoms with van der Waals surface area (Å²) in [5, 5.41) is 2.28. The highest BCUT2D eigenvalue weighted by molar-refractivity contribution is 5.93. The third kappa shape index (κ3) is 3.17. The average molecular weight is 239 g/mol. The van der Waals surface area contributed by atoms with Crippen LogP contribution in [-0.4, -0.2) is 18.5 Å². The number of hydrogen-bond acceptors (Lipinski definition) is 5. The summed E-state index contributed by atoms with van der Waals surface area (Å²) in [5.41, 5.74) is -0.660. The van der Waals surface area contributed by atoms with Crippen LogP contribution in [0.3, 0.4) is 0 Å². The number of rotatable bonds is 3. The molecule has 0 saturated heterocycles. The minimum Gasteiger partial charge on any atom is -0.462 e. The maximum Gasteiger partial charge on any atom is 0.359 e. The Morgan fingerprint density at radius 2 is 2.12 bits per heavy atom. The SMILES string of the molecule is CCOC(=O)c1cc(NC(C)=O)c(=O)oc1C. The second-order valence-electron chi connectivity index (χ2n) is 3.32. The topological polar surface area (TPSA) is 85.6 Å². The molecule has 0 aromatic carbocycles. The molecule has 0 unspecified atom stereocenters. The average Bonchev–Trinajstić information content (AvgIpc) is 2.21. The van der Waals surface area contributed by atoms with E-state index in [1.165, 1.54) is 19.9 Å². The Morgan fingerprint density at radius 3 is 2.65 bits per heavy atom. The van der Waals surface area contributed by atoms with E-state index in [-0.39, 0.29) is 23.6 Å². The lowest BCUT2D eigenvalue weighted by atomic mass is 10.2. The van der Waals surface area contributed by atoms with Crippen LogP contribution in [0.5, 0.6) is 0 Å². The Balaban J connectivity index is 3.18. The summed E-state index contributed by atoms with van der Waals surface area (Å²) in [6, 6.07) is 1.25. The molecule has 0 aliphatic rings. The Labute approximate surface area is 97.6 Å². The number of ether oxygens (including phenoxy) is 1. The highest BCUT2D eigenvalue weighted by atomic mass is 16.5. The third-order valence-corrected chi connectivity index (χ3v) is 1.94. The van der Waals surface area contributed by atoms with Crippen molar-refractivity contribution in [2.24, 2.45) is 0 Å². The van der Waals surface area contributed by atoms with Crippen molar-refractivity contribution in [3.8, 4) is 0 Å². The van der Waals surface area contributed by atoms with Gasteiger partial charge < -0.3 is 14.5 Å². The van der Waals surface area contributed by atoms with Crippen molar-refractivity contribution in [3.05, 3.63) is 27.8 Å². The summed E-state index contributed by atoms with van der Waals surface area (Å²) in [7, 11) is 0. The highest BCUT2D eigenvalue weighted by Crippen LogP contribution is 2.12. The molecule has 1 aromatic heterocycles. The standard InChI is InChI=1S/C11H13NO5/c1-4-16-10(14)8-5-9(12-7(3)13)11(15)17-6(8)2/h5H,4H2,1-3H3,(H,12,13). The first kappa shape index (κ1) is 13.0. The van der Waals surface area contributed by atoms with Gasteiger partial charge >= 0.3 is 11.6 Å². The van der Waals surface area contributed by atoms with Gasteiger partial charge in [-0.15, -0.1) is 0 Å². The van der Waals surface area contributed by atoms with Gasteiger partial charge in [-0.2, -0.15) is 0 Å². The molecule has 1 rings (SSSR count). The first-order valence-electron chi connectivity index (χ1n) is 5.05. The molecule has 0 aliphatic carbocycles. The smallest absolute Gasteiger partial charge is 0.359 e. The second-order valence-corrected chi connectivity index (χ2v) is 3.32. The maximum absolute atomic E-state index is 11.5. The van der Waals surface area contributed by atoms with Crippen LogP contribution in [0.2, 0.25) is 0 Å². The monoisotopic (exact) mass is 239 g/mol. The fraction of sp³-hybridized carbons (Fsp3) is 0.364. The molecule has 0 fully saturated rings. The van der Waals surface area contributed by atoms with Crippen molar-refractivity contribution in [1.29, 1.82) is 0 Å². The Hall–Kier alpha value is -2.11. The quantitative estimate of drug-likeness (QED) is 0.798. The molecule has 0 radical (unpaired) electrons. The van der Waals surface area contributed by atoms with Gasteiger partial charge in [-0.3, -0.25) is 4.79 Å². The Morgan fingerprint density at radius 1 is 1.47 bits per heavy atom.